The predicted molar refractivity (Wildman–Crippen MR) is 123 cm³/mol. The third-order valence-corrected chi connectivity index (χ3v) is 5.08. The molecule has 0 radical (unpaired) electrons. The van der Waals surface area contributed by atoms with E-state index in [1.165, 1.54) is 0 Å². The Morgan fingerprint density at radius 1 is 0.811 bits per heavy atom. The van der Waals surface area contributed by atoms with E-state index in [0.29, 0.717) is 0 Å². The van der Waals surface area contributed by atoms with Crippen LogP contribution in [0.15, 0.2) is 60.2 Å². The van der Waals surface area contributed by atoms with Crippen LogP contribution in [0.25, 0.3) is 5.76 Å². The van der Waals surface area contributed by atoms with E-state index in [2.05, 4.69) is 82.0 Å². The number of benzene rings is 2. The first-order valence-electron chi connectivity index (χ1n) is 9.88. The van der Waals surface area contributed by atoms with Crippen molar-refractivity contribution in [3.8, 4) is 5.75 Å². The molecule has 0 fully saturated rings. The first kappa shape index (κ1) is 38.3. The SMILES string of the molecule is CO[C](=[Cr])C1=C(c2ccc(OC)cc2)ON(C(C)(C)C)C1c1ccccc1.[C-]#[O+].[C-]#[O+].[C-]#[O+].[C-]#[O+].[C-]#[O+]. The maximum absolute atomic E-state index is 7.50. The summed E-state index contributed by atoms with van der Waals surface area (Å²) in [6.07, 6.45) is 0. The predicted octanol–water partition coefficient (Wildman–Crippen LogP) is 4.33. The molecule has 1 aliphatic heterocycles. The van der Waals surface area contributed by atoms with Gasteiger partial charge >= 0.3 is 226 Å². The van der Waals surface area contributed by atoms with Crippen LogP contribution in [0.4, 0.5) is 0 Å². The average molecular weight is 543 g/mol. The van der Waals surface area contributed by atoms with Crippen molar-refractivity contribution < 1.29 is 53.4 Å². The summed E-state index contributed by atoms with van der Waals surface area (Å²) >= 11 is 3.07. The summed E-state index contributed by atoms with van der Waals surface area (Å²) in [4.78, 5) is 6.44. The number of ether oxygens (including phenoxy) is 2. The van der Waals surface area contributed by atoms with Crippen LogP contribution in [0.5, 0.6) is 5.75 Å². The van der Waals surface area contributed by atoms with Crippen LogP contribution in [0.1, 0.15) is 37.9 Å². The minimum atomic E-state index is -0.214. The Hall–Kier alpha value is -3.20. The Kier molecular flexibility index (Phi) is 22.8. The quantitative estimate of drug-likeness (QED) is 0.410. The van der Waals surface area contributed by atoms with Crippen LogP contribution in [-0.4, -0.2) is 29.4 Å². The Bertz CT molecular complexity index is 1030. The summed E-state index contributed by atoms with van der Waals surface area (Å²) in [6, 6.07) is 18.2. The van der Waals surface area contributed by atoms with Crippen molar-refractivity contribution in [3.05, 3.63) is 105 Å². The zero-order valence-electron chi connectivity index (χ0n) is 20.9. The molecule has 0 aliphatic carbocycles. The third-order valence-electron chi connectivity index (χ3n) is 4.48. The average Bonchev–Trinajstić information content (AvgIpc) is 3.40. The summed E-state index contributed by atoms with van der Waals surface area (Å²) in [5.41, 5.74) is 2.90. The van der Waals surface area contributed by atoms with Gasteiger partial charge in [-0.25, -0.2) is 0 Å². The number of rotatable bonds is 5. The second-order valence-electron chi connectivity index (χ2n) is 7.36. The van der Waals surface area contributed by atoms with E-state index in [1.54, 1.807) is 14.2 Å². The van der Waals surface area contributed by atoms with Gasteiger partial charge in [0, 0.05) is 0 Å². The van der Waals surface area contributed by atoms with Gasteiger partial charge in [0.25, 0.3) is 0 Å². The molecule has 192 valence electrons. The van der Waals surface area contributed by atoms with E-state index in [9.17, 15) is 0 Å². The fourth-order valence-corrected chi connectivity index (χ4v) is 3.49. The van der Waals surface area contributed by atoms with E-state index < -0.39 is 0 Å². The van der Waals surface area contributed by atoms with Crippen LogP contribution in [0, 0.1) is 33.3 Å². The molecule has 3 rings (SSSR count). The van der Waals surface area contributed by atoms with Crippen LogP contribution in [0.3, 0.4) is 0 Å². The van der Waals surface area contributed by atoms with Gasteiger partial charge in [0.15, 0.2) is 0 Å². The Morgan fingerprint density at radius 2 is 1.27 bits per heavy atom. The molecule has 0 N–H and O–H groups in total. The van der Waals surface area contributed by atoms with Crippen LogP contribution >= 0.6 is 0 Å². The molecule has 2 aromatic rings. The van der Waals surface area contributed by atoms with Crippen molar-refractivity contribution >= 4 is 10.3 Å². The molecule has 1 atom stereocenters. The molecule has 0 aromatic heterocycles. The first-order chi connectivity index (χ1) is 17.9. The second-order valence-corrected chi connectivity index (χ2v) is 7.94. The summed E-state index contributed by atoms with van der Waals surface area (Å²) in [7, 11) is 3.34. The zero-order chi connectivity index (χ0) is 29.6. The molecule has 1 heterocycles. The minimum absolute atomic E-state index is 0.0838. The third kappa shape index (κ3) is 11.2. The molecular formula is C27H25CrNO8. The van der Waals surface area contributed by atoms with Gasteiger partial charge in [-0.3, -0.25) is 0 Å². The Balaban J connectivity index is -0.00000103. The van der Waals surface area contributed by atoms with E-state index in [4.69, 9.17) is 37.6 Å². The van der Waals surface area contributed by atoms with E-state index >= 15 is 0 Å². The van der Waals surface area contributed by atoms with Crippen molar-refractivity contribution in [1.82, 2.24) is 5.06 Å². The zero-order valence-corrected chi connectivity index (χ0v) is 22.2. The summed E-state index contributed by atoms with van der Waals surface area (Å²) in [5.74, 6) is 1.60. The number of methoxy groups -OCH3 is 2. The van der Waals surface area contributed by atoms with Gasteiger partial charge in [0.1, 0.15) is 0 Å². The van der Waals surface area contributed by atoms with Gasteiger partial charge in [0.05, 0.1) is 0 Å². The maximum atomic E-state index is 7.50. The normalized spacial score (nSPS) is 13.2. The molecule has 1 unspecified atom stereocenters. The van der Waals surface area contributed by atoms with Gasteiger partial charge < -0.3 is 0 Å². The topological polar surface area (TPSA) is 130 Å². The number of nitrogens with zero attached hydrogens (tertiary/aromatic N) is 1. The monoisotopic (exact) mass is 543 g/mol. The first-order valence-corrected chi connectivity index (χ1v) is 10.5. The second kappa shape index (κ2) is 22.0. The summed E-state index contributed by atoms with van der Waals surface area (Å²) < 4.78 is 49.1. The van der Waals surface area contributed by atoms with Crippen LogP contribution in [0.2, 0.25) is 0 Å². The Morgan fingerprint density at radius 3 is 1.65 bits per heavy atom. The van der Waals surface area contributed by atoms with E-state index in [0.717, 1.165) is 32.8 Å². The fraction of sp³-hybridized carbons (Fsp3) is 0.259. The van der Waals surface area contributed by atoms with Crippen molar-refractivity contribution in [2.75, 3.05) is 14.2 Å². The molecule has 0 amide bonds. The van der Waals surface area contributed by atoms with Crippen LogP contribution in [-0.2, 0) is 48.7 Å². The van der Waals surface area contributed by atoms with Gasteiger partial charge in [-0.1, -0.05) is 0 Å². The molecule has 2 aromatic carbocycles. The number of hydrogen-bond donors (Lipinski definition) is 0. The molecule has 10 heteroatoms. The van der Waals surface area contributed by atoms with Crippen molar-refractivity contribution in [3.63, 3.8) is 0 Å². The van der Waals surface area contributed by atoms with Gasteiger partial charge in [0.2, 0.25) is 0 Å². The molecule has 37 heavy (non-hydrogen) atoms. The molecule has 9 nitrogen and oxygen atoms in total. The van der Waals surface area contributed by atoms with Gasteiger partial charge in [-0.05, 0) is 0 Å². The molecular weight excluding hydrogens is 518 g/mol. The fourth-order valence-electron chi connectivity index (χ4n) is 3.17. The molecule has 1 aliphatic rings. The number of hydroxylamine groups is 2. The number of hydrogen-bond acceptors (Lipinski definition) is 4. The summed E-state index contributed by atoms with van der Waals surface area (Å²) in [5, 5.41) is 2.04. The standard InChI is InChI=1S/C22H25NO3.5CO.Cr/c1-22(2,3)23-20(16-9-7-6-8-10-16)19(15-24-4)21(26-23)17-11-13-18(25-5)14-12-17;5*1-2;/h6-14,20H,1-5H3;;;;;;. The van der Waals surface area contributed by atoms with E-state index in [1.807, 2.05) is 47.5 Å². The molecule has 0 saturated heterocycles. The molecule has 0 spiro atoms. The van der Waals surface area contributed by atoms with Crippen molar-refractivity contribution in [1.29, 1.82) is 0 Å². The van der Waals surface area contributed by atoms with Gasteiger partial charge in [-0.2, -0.15) is 0 Å². The Labute approximate surface area is 225 Å². The van der Waals surface area contributed by atoms with Gasteiger partial charge in [-0.15, -0.1) is 0 Å². The molecule has 0 bridgehead atoms. The van der Waals surface area contributed by atoms with Crippen molar-refractivity contribution in [2.24, 2.45) is 0 Å². The molecule has 0 saturated carbocycles. The summed E-state index contributed by atoms with van der Waals surface area (Å²) in [6.45, 7) is 28.9. The van der Waals surface area contributed by atoms with E-state index in [-0.39, 0.29) is 11.6 Å². The van der Waals surface area contributed by atoms with Crippen molar-refractivity contribution in [2.45, 2.75) is 32.4 Å². The van der Waals surface area contributed by atoms with Crippen LogP contribution < -0.4 is 4.74 Å².